The highest BCUT2D eigenvalue weighted by atomic mass is 79.9. The van der Waals surface area contributed by atoms with Gasteiger partial charge in [0, 0.05) is 42.1 Å². The van der Waals surface area contributed by atoms with E-state index in [9.17, 15) is 54.6 Å². The van der Waals surface area contributed by atoms with Crippen molar-refractivity contribution in [2.75, 3.05) is 24.3 Å². The molecule has 0 fully saturated rings. The lowest BCUT2D eigenvalue weighted by Crippen LogP contribution is -2.01. The number of nitrogens with two attached hydrogens (primary N) is 1. The Morgan fingerprint density at radius 3 is 1.49 bits per heavy atom. The van der Waals surface area contributed by atoms with E-state index < -0.39 is 26.3 Å². The fourth-order valence-corrected chi connectivity index (χ4v) is 4.46. The van der Waals surface area contributed by atoms with Crippen LogP contribution in [-0.2, 0) is 0 Å². The quantitative estimate of drug-likeness (QED) is 0.0546. The minimum Gasteiger partial charge on any atom is -0.507 e. The number of aromatic hydroxyl groups is 2. The van der Waals surface area contributed by atoms with Crippen LogP contribution in [-0.4, -0.2) is 66.7 Å². The smallest absolute Gasteiger partial charge is 0.270 e. The molecular weight excluding hydrogens is 792 g/mol. The topological polar surface area (TPSA) is 283 Å². The van der Waals surface area contributed by atoms with Gasteiger partial charge in [0.15, 0.2) is 24.8 Å². The van der Waals surface area contributed by atoms with Crippen LogP contribution in [0.2, 0.25) is 0 Å². The Bertz CT molecular complexity index is 2050. The number of benzene rings is 4. The SMILES string of the molecule is C.C.C.C.CC(=O)c1cc([N+](=O)[O-])ccc1O.Nc1ccc2c(c1)C(=O)CO2.O=C(CBr)c1cc([N+](=O)[O-])ccc1O.O=C1COc2ccc([N+](=O)[O-])cc21. The standard InChI is InChI=1S/C8H6BrNO4.C8H5NO4.C8H7NO4.C8H7NO2.4CH4/c9-4-8(12)6-3-5(10(13)14)1-2-7(6)11;10-7-4-13-8-2-1-5(9(11)12)3-6(7)8;1-5(10)7-4-6(9(12)13)2-3-8(7)11;9-5-1-2-8-6(3-5)7(10)4-11-8;;;;/h1-3,11H,4H2;1-3H,4H2;2-4,11H,1H3;1-3H,4,9H2;4*1H4. The molecule has 0 unspecified atom stereocenters. The predicted octanol–water partition coefficient (Wildman–Crippen LogP) is 7.94. The van der Waals surface area contributed by atoms with Gasteiger partial charge in [-0.15, -0.1) is 0 Å². The first kappa shape index (κ1) is 50.3. The summed E-state index contributed by atoms with van der Waals surface area (Å²) in [5.41, 5.74) is 6.40. The fraction of sp³-hybridized carbons (Fsp3) is 0.222. The van der Waals surface area contributed by atoms with Gasteiger partial charge < -0.3 is 25.4 Å². The van der Waals surface area contributed by atoms with Gasteiger partial charge in [-0.1, -0.05) is 45.6 Å². The van der Waals surface area contributed by atoms with Gasteiger partial charge in [-0.05, 0) is 43.3 Å². The number of phenolic OH excluding ortho intramolecular Hbond substituents is 2. The summed E-state index contributed by atoms with van der Waals surface area (Å²) >= 11 is 2.92. The van der Waals surface area contributed by atoms with Crippen LogP contribution in [0.25, 0.3) is 0 Å². The molecule has 19 heteroatoms. The number of hydrogen-bond donors (Lipinski definition) is 3. The van der Waals surface area contributed by atoms with Crippen LogP contribution in [0.5, 0.6) is 23.0 Å². The van der Waals surface area contributed by atoms with E-state index in [-0.39, 0.29) is 99.5 Å². The Labute approximate surface area is 324 Å². The number of nitro groups is 3. The number of nitrogens with zero attached hydrogens (tertiary/aromatic N) is 3. The third-order valence-corrected chi connectivity index (χ3v) is 7.19. The summed E-state index contributed by atoms with van der Waals surface area (Å²) in [5.74, 6) is -0.420. The summed E-state index contributed by atoms with van der Waals surface area (Å²) < 4.78 is 10.0. The van der Waals surface area contributed by atoms with Crippen LogP contribution in [0.15, 0.2) is 72.8 Å². The first-order valence-corrected chi connectivity index (χ1v) is 15.2. The van der Waals surface area contributed by atoms with E-state index in [4.69, 9.17) is 20.3 Å². The number of halogens is 1. The van der Waals surface area contributed by atoms with Gasteiger partial charge >= 0.3 is 0 Å². The number of phenols is 2. The number of non-ortho nitro benzene ring substituents is 3. The van der Waals surface area contributed by atoms with E-state index in [1.165, 1.54) is 25.1 Å². The van der Waals surface area contributed by atoms with Crippen molar-refractivity contribution in [1.29, 1.82) is 0 Å². The van der Waals surface area contributed by atoms with Gasteiger partial charge in [0.2, 0.25) is 11.6 Å². The number of ketones is 4. The molecule has 0 saturated carbocycles. The Balaban J connectivity index is 0. The largest absolute Gasteiger partial charge is 0.507 e. The first-order valence-electron chi connectivity index (χ1n) is 14.1. The molecule has 0 radical (unpaired) electrons. The highest BCUT2D eigenvalue weighted by Crippen LogP contribution is 2.29. The summed E-state index contributed by atoms with van der Waals surface area (Å²) in [6.45, 7) is 1.37. The maximum absolute atomic E-state index is 11.2. The number of rotatable bonds is 6. The van der Waals surface area contributed by atoms with Crippen LogP contribution in [0.3, 0.4) is 0 Å². The number of carbonyl (C=O) groups excluding carboxylic acids is 4. The molecule has 2 heterocycles. The second-order valence-corrected chi connectivity index (χ2v) is 10.7. The van der Waals surface area contributed by atoms with Crippen molar-refractivity contribution < 1.29 is 53.6 Å². The number of Topliss-reactive ketones (excluding diaryl/α,β-unsaturated/α-hetero) is 4. The van der Waals surface area contributed by atoms with E-state index in [0.717, 1.165) is 36.4 Å². The minimum atomic E-state index is -0.621. The van der Waals surface area contributed by atoms with Crippen LogP contribution in [0.1, 0.15) is 78.1 Å². The zero-order valence-corrected chi connectivity index (χ0v) is 27.7. The average Bonchev–Trinajstić information content (AvgIpc) is 3.66. The maximum atomic E-state index is 11.2. The lowest BCUT2D eigenvalue weighted by molar-refractivity contribution is -0.385. The van der Waals surface area contributed by atoms with E-state index in [2.05, 4.69) is 15.9 Å². The molecule has 0 aliphatic carbocycles. The molecular formula is C36H41BrN4O14. The maximum Gasteiger partial charge on any atom is 0.270 e. The van der Waals surface area contributed by atoms with E-state index in [0.29, 0.717) is 28.3 Å². The number of alkyl halides is 1. The minimum absolute atomic E-state index is 0. The molecule has 4 N–H and O–H groups in total. The van der Waals surface area contributed by atoms with Crippen LogP contribution in [0, 0.1) is 30.3 Å². The molecule has 0 atom stereocenters. The molecule has 0 saturated heterocycles. The summed E-state index contributed by atoms with van der Waals surface area (Å²) in [4.78, 5) is 73.4. The van der Waals surface area contributed by atoms with Crippen molar-refractivity contribution in [3.8, 4) is 23.0 Å². The summed E-state index contributed by atoms with van der Waals surface area (Å²) in [7, 11) is 0. The molecule has 2 aliphatic rings. The zero-order valence-electron chi connectivity index (χ0n) is 26.1. The van der Waals surface area contributed by atoms with Crippen LogP contribution >= 0.6 is 15.9 Å². The van der Waals surface area contributed by atoms with Crippen LogP contribution < -0.4 is 15.2 Å². The number of hydrogen-bond acceptors (Lipinski definition) is 15. The van der Waals surface area contributed by atoms with Crippen molar-refractivity contribution in [2.24, 2.45) is 0 Å². The van der Waals surface area contributed by atoms with Crippen molar-refractivity contribution in [1.82, 2.24) is 0 Å². The monoisotopic (exact) mass is 832 g/mol. The van der Waals surface area contributed by atoms with Crippen molar-refractivity contribution >= 4 is 61.8 Å². The molecule has 0 aromatic heterocycles. The van der Waals surface area contributed by atoms with Crippen molar-refractivity contribution in [3.05, 3.63) is 125 Å². The Hall–Kier alpha value is -6.76. The third kappa shape index (κ3) is 13.3. The molecule has 0 spiro atoms. The van der Waals surface area contributed by atoms with E-state index >= 15 is 0 Å². The number of anilines is 1. The molecule has 2 aliphatic heterocycles. The molecule has 55 heavy (non-hydrogen) atoms. The molecule has 296 valence electrons. The Kier molecular flexibility index (Phi) is 20.5. The normalized spacial score (nSPS) is 10.9. The molecule has 4 aromatic carbocycles. The number of nitro benzene ring substituents is 3. The second-order valence-electron chi connectivity index (χ2n) is 10.1. The Morgan fingerprint density at radius 1 is 0.673 bits per heavy atom. The number of fused-ring (bicyclic) bond motifs is 2. The Morgan fingerprint density at radius 2 is 1.05 bits per heavy atom. The number of carbonyl (C=O) groups is 4. The van der Waals surface area contributed by atoms with Gasteiger partial charge in [0.25, 0.3) is 17.1 Å². The number of nitrogen functional groups attached to an aromatic ring is 1. The molecule has 18 nitrogen and oxygen atoms in total. The highest BCUT2D eigenvalue weighted by molar-refractivity contribution is 9.09. The molecule has 4 aromatic rings. The van der Waals surface area contributed by atoms with Gasteiger partial charge in [-0.25, -0.2) is 0 Å². The van der Waals surface area contributed by atoms with Gasteiger partial charge in [0.05, 0.1) is 42.4 Å². The van der Waals surface area contributed by atoms with E-state index in [1.54, 1.807) is 18.2 Å². The zero-order chi connectivity index (χ0) is 38.0. The van der Waals surface area contributed by atoms with Crippen molar-refractivity contribution in [3.63, 3.8) is 0 Å². The van der Waals surface area contributed by atoms with Crippen LogP contribution in [0.4, 0.5) is 22.7 Å². The van der Waals surface area contributed by atoms with Gasteiger partial charge in [0.1, 0.15) is 23.0 Å². The highest BCUT2D eigenvalue weighted by Gasteiger charge is 2.24. The molecule has 0 amide bonds. The second kappa shape index (κ2) is 22.3. The van der Waals surface area contributed by atoms with Crippen molar-refractivity contribution in [2.45, 2.75) is 36.6 Å². The first-order chi connectivity index (χ1) is 24.0. The third-order valence-electron chi connectivity index (χ3n) is 6.68. The summed E-state index contributed by atoms with van der Waals surface area (Å²) in [6.07, 6.45) is 0. The lowest BCUT2D eigenvalue weighted by atomic mass is 10.1. The number of ether oxygens (including phenoxy) is 2. The summed E-state index contributed by atoms with van der Waals surface area (Å²) in [5, 5.41) is 49.5. The summed E-state index contributed by atoms with van der Waals surface area (Å²) in [6, 6.07) is 15.7. The van der Waals surface area contributed by atoms with Gasteiger partial charge in [-0.2, -0.15) is 0 Å². The van der Waals surface area contributed by atoms with E-state index in [1.807, 2.05) is 0 Å². The average molecular weight is 834 g/mol. The predicted molar refractivity (Wildman–Crippen MR) is 208 cm³/mol. The lowest BCUT2D eigenvalue weighted by Gasteiger charge is -2.00. The van der Waals surface area contributed by atoms with Gasteiger partial charge in [-0.3, -0.25) is 49.5 Å². The molecule has 6 rings (SSSR count). The fourth-order valence-electron chi connectivity index (χ4n) is 4.16. The molecule has 0 bridgehead atoms.